The van der Waals surface area contributed by atoms with Crippen LogP contribution in [0.1, 0.15) is 15.9 Å². The molecule has 0 spiro atoms. The highest BCUT2D eigenvalue weighted by molar-refractivity contribution is 5.95. The molecule has 9 heteroatoms. The van der Waals surface area contributed by atoms with Crippen LogP contribution in [0.15, 0.2) is 53.3 Å². The molecule has 34 heavy (non-hydrogen) atoms. The third-order valence-corrected chi connectivity index (χ3v) is 5.87. The molecule has 1 saturated heterocycles. The highest BCUT2D eigenvalue weighted by atomic mass is 16.5. The number of hydrogen-bond donors (Lipinski definition) is 0. The van der Waals surface area contributed by atoms with Gasteiger partial charge < -0.3 is 24.0 Å². The molecule has 0 unspecified atom stereocenters. The molecule has 0 saturated carbocycles. The minimum absolute atomic E-state index is 0.114. The van der Waals surface area contributed by atoms with Crippen LogP contribution in [-0.4, -0.2) is 68.1 Å². The van der Waals surface area contributed by atoms with Crippen molar-refractivity contribution in [1.29, 1.82) is 0 Å². The molecule has 1 fully saturated rings. The van der Waals surface area contributed by atoms with Gasteiger partial charge in [0.25, 0.3) is 11.5 Å². The van der Waals surface area contributed by atoms with Gasteiger partial charge in [-0.15, -0.1) is 5.10 Å². The summed E-state index contributed by atoms with van der Waals surface area (Å²) in [7, 11) is 4.57. The van der Waals surface area contributed by atoms with E-state index in [2.05, 4.69) is 10.00 Å². The third-order valence-electron chi connectivity index (χ3n) is 5.87. The Morgan fingerprint density at radius 3 is 2.03 bits per heavy atom. The maximum atomic E-state index is 13.2. The number of aromatic nitrogens is 2. The van der Waals surface area contributed by atoms with Crippen LogP contribution in [0.2, 0.25) is 0 Å². The quantitative estimate of drug-likeness (QED) is 0.554. The summed E-state index contributed by atoms with van der Waals surface area (Å²) >= 11 is 0. The van der Waals surface area contributed by atoms with Crippen LogP contribution in [0.5, 0.6) is 17.2 Å². The van der Waals surface area contributed by atoms with Crippen molar-refractivity contribution in [1.82, 2.24) is 14.7 Å². The number of aryl methyl sites for hydroxylation is 1. The fourth-order valence-corrected chi connectivity index (χ4v) is 3.97. The average molecular weight is 465 g/mol. The standard InChI is InChI=1S/C25H28N4O5/c1-17-5-7-19(8-6-17)29-23(30)10-9-22(26-29)27-11-13-28(14-12-27)25(31)18-15-20(32-2)24(34-4)21(16-18)33-3/h5-10,15-16H,11-14H2,1-4H3. The molecule has 2 heterocycles. The molecule has 2 aromatic carbocycles. The first-order valence-electron chi connectivity index (χ1n) is 11.0. The van der Waals surface area contributed by atoms with Crippen molar-refractivity contribution in [2.45, 2.75) is 6.92 Å². The fourth-order valence-electron chi connectivity index (χ4n) is 3.97. The van der Waals surface area contributed by atoms with E-state index in [1.807, 2.05) is 31.2 Å². The van der Waals surface area contributed by atoms with E-state index in [0.717, 1.165) is 5.56 Å². The van der Waals surface area contributed by atoms with Crippen LogP contribution in [-0.2, 0) is 0 Å². The van der Waals surface area contributed by atoms with Gasteiger partial charge >= 0.3 is 0 Å². The first-order valence-corrected chi connectivity index (χ1v) is 11.0. The number of benzene rings is 2. The van der Waals surface area contributed by atoms with E-state index in [0.29, 0.717) is 60.5 Å². The Balaban J connectivity index is 1.50. The smallest absolute Gasteiger partial charge is 0.271 e. The molecule has 0 radical (unpaired) electrons. The monoisotopic (exact) mass is 464 g/mol. The molecule has 9 nitrogen and oxygen atoms in total. The van der Waals surface area contributed by atoms with Crippen molar-refractivity contribution >= 4 is 11.7 Å². The SMILES string of the molecule is COc1cc(C(=O)N2CCN(c3ccc(=O)n(-c4ccc(C)cc4)n3)CC2)cc(OC)c1OC. The number of hydrogen-bond acceptors (Lipinski definition) is 7. The second-order valence-electron chi connectivity index (χ2n) is 7.97. The molecule has 0 bridgehead atoms. The number of anilines is 1. The van der Waals surface area contributed by atoms with Gasteiger partial charge in [-0.2, -0.15) is 4.68 Å². The van der Waals surface area contributed by atoms with E-state index in [9.17, 15) is 9.59 Å². The van der Waals surface area contributed by atoms with Crippen LogP contribution in [0.4, 0.5) is 5.82 Å². The molecule has 1 aliphatic rings. The molecular formula is C25H28N4O5. The van der Waals surface area contributed by atoms with E-state index in [1.54, 1.807) is 23.1 Å². The normalized spacial score (nSPS) is 13.5. The van der Waals surface area contributed by atoms with Gasteiger partial charge in [0.05, 0.1) is 27.0 Å². The van der Waals surface area contributed by atoms with E-state index < -0.39 is 0 Å². The molecule has 0 N–H and O–H groups in total. The van der Waals surface area contributed by atoms with Crippen molar-refractivity contribution in [3.05, 3.63) is 70.0 Å². The Labute approximate surface area is 198 Å². The third kappa shape index (κ3) is 4.54. The zero-order valence-electron chi connectivity index (χ0n) is 19.8. The number of nitrogens with zero attached hydrogens (tertiary/aromatic N) is 4. The molecule has 1 aromatic heterocycles. The lowest BCUT2D eigenvalue weighted by Crippen LogP contribution is -2.49. The first-order chi connectivity index (χ1) is 16.4. The van der Waals surface area contributed by atoms with Crippen molar-refractivity contribution in [2.24, 2.45) is 0 Å². The van der Waals surface area contributed by atoms with Crippen LogP contribution < -0.4 is 24.7 Å². The Hall–Kier alpha value is -4.01. The van der Waals surface area contributed by atoms with Crippen molar-refractivity contribution in [3.63, 3.8) is 0 Å². The highest BCUT2D eigenvalue weighted by Crippen LogP contribution is 2.38. The molecule has 0 aliphatic carbocycles. The summed E-state index contributed by atoms with van der Waals surface area (Å²) in [5, 5.41) is 4.57. The summed E-state index contributed by atoms with van der Waals surface area (Å²) in [5.74, 6) is 1.90. The summed E-state index contributed by atoms with van der Waals surface area (Å²) in [6, 6.07) is 14.2. The molecule has 1 aliphatic heterocycles. The maximum absolute atomic E-state index is 13.2. The number of carbonyl (C=O) groups is 1. The van der Waals surface area contributed by atoms with E-state index in [-0.39, 0.29) is 11.5 Å². The summed E-state index contributed by atoms with van der Waals surface area (Å²) in [5.41, 5.74) is 2.10. The fraction of sp³-hybridized carbons (Fsp3) is 0.320. The lowest BCUT2D eigenvalue weighted by Gasteiger charge is -2.35. The Bertz CT molecular complexity index is 1210. The minimum Gasteiger partial charge on any atom is -0.493 e. The number of amides is 1. The molecule has 1 amide bonds. The van der Waals surface area contributed by atoms with Gasteiger partial charge in [0, 0.05) is 37.8 Å². The second kappa shape index (κ2) is 9.86. The average Bonchev–Trinajstić information content (AvgIpc) is 2.88. The topological polar surface area (TPSA) is 86.1 Å². The van der Waals surface area contributed by atoms with Gasteiger partial charge in [-0.1, -0.05) is 17.7 Å². The van der Waals surface area contributed by atoms with Crippen LogP contribution in [0, 0.1) is 6.92 Å². The van der Waals surface area contributed by atoms with Gasteiger partial charge in [0.2, 0.25) is 5.75 Å². The number of rotatable bonds is 6. The van der Waals surface area contributed by atoms with Crippen molar-refractivity contribution < 1.29 is 19.0 Å². The predicted octanol–water partition coefficient (Wildman–Crippen LogP) is 2.53. The number of piperazine rings is 1. The van der Waals surface area contributed by atoms with Crippen molar-refractivity contribution in [3.8, 4) is 22.9 Å². The summed E-state index contributed by atoms with van der Waals surface area (Å²) in [6.45, 7) is 4.21. The van der Waals surface area contributed by atoms with Gasteiger partial charge in [-0.25, -0.2) is 0 Å². The van der Waals surface area contributed by atoms with Crippen LogP contribution >= 0.6 is 0 Å². The zero-order valence-corrected chi connectivity index (χ0v) is 19.8. The van der Waals surface area contributed by atoms with Gasteiger partial charge in [-0.05, 0) is 37.3 Å². The minimum atomic E-state index is -0.191. The highest BCUT2D eigenvalue weighted by Gasteiger charge is 2.25. The molecule has 0 atom stereocenters. The number of ether oxygens (including phenoxy) is 3. The Morgan fingerprint density at radius 2 is 1.47 bits per heavy atom. The zero-order chi connectivity index (χ0) is 24.2. The summed E-state index contributed by atoms with van der Waals surface area (Å²) in [6.07, 6.45) is 0. The molecule has 4 rings (SSSR count). The lowest BCUT2D eigenvalue weighted by molar-refractivity contribution is 0.0745. The van der Waals surface area contributed by atoms with Crippen LogP contribution in [0.25, 0.3) is 5.69 Å². The molecular weight excluding hydrogens is 436 g/mol. The van der Waals surface area contributed by atoms with Crippen molar-refractivity contribution in [2.75, 3.05) is 52.4 Å². The lowest BCUT2D eigenvalue weighted by atomic mass is 10.1. The van der Waals surface area contributed by atoms with Gasteiger partial charge in [0.1, 0.15) is 5.82 Å². The largest absolute Gasteiger partial charge is 0.493 e. The predicted molar refractivity (Wildman–Crippen MR) is 129 cm³/mol. The second-order valence-corrected chi connectivity index (χ2v) is 7.97. The van der Waals surface area contributed by atoms with Gasteiger partial charge in [-0.3, -0.25) is 9.59 Å². The Morgan fingerprint density at radius 1 is 0.853 bits per heavy atom. The van der Waals surface area contributed by atoms with Crippen LogP contribution in [0.3, 0.4) is 0 Å². The number of carbonyl (C=O) groups excluding carboxylic acids is 1. The number of methoxy groups -OCH3 is 3. The molecule has 3 aromatic rings. The van der Waals surface area contributed by atoms with Gasteiger partial charge in [0.15, 0.2) is 11.5 Å². The van der Waals surface area contributed by atoms with E-state index >= 15 is 0 Å². The van der Waals surface area contributed by atoms with E-state index in [4.69, 9.17) is 14.2 Å². The summed E-state index contributed by atoms with van der Waals surface area (Å²) < 4.78 is 17.5. The van der Waals surface area contributed by atoms with E-state index in [1.165, 1.54) is 32.1 Å². The Kier molecular flexibility index (Phi) is 6.72. The molecule has 178 valence electrons. The summed E-state index contributed by atoms with van der Waals surface area (Å²) in [4.78, 5) is 29.4. The first kappa shape index (κ1) is 23.2. The maximum Gasteiger partial charge on any atom is 0.271 e.